The van der Waals surface area contributed by atoms with Crippen LogP contribution in [-0.2, 0) is 17.8 Å². The van der Waals surface area contributed by atoms with Gasteiger partial charge in [-0.25, -0.2) is 0 Å². The molecular formula is C15H16BrClN2OS. The second-order valence-corrected chi connectivity index (χ2v) is 6.97. The molecule has 1 heterocycles. The SMILES string of the molecule is CCn1nc(C)c(Cl)c1CC(=O)CSc1cccc(Br)c1. The van der Waals surface area contributed by atoms with Gasteiger partial charge in [0.25, 0.3) is 0 Å². The van der Waals surface area contributed by atoms with Crippen LogP contribution in [0.2, 0.25) is 5.02 Å². The third-order valence-corrected chi connectivity index (χ3v) is 5.05. The molecule has 0 fully saturated rings. The predicted molar refractivity (Wildman–Crippen MR) is 91.2 cm³/mol. The van der Waals surface area contributed by atoms with Gasteiger partial charge >= 0.3 is 0 Å². The van der Waals surface area contributed by atoms with Gasteiger partial charge in [0, 0.05) is 15.9 Å². The highest BCUT2D eigenvalue weighted by Gasteiger charge is 2.16. The van der Waals surface area contributed by atoms with Crippen LogP contribution in [0.4, 0.5) is 0 Å². The quantitative estimate of drug-likeness (QED) is 0.683. The van der Waals surface area contributed by atoms with E-state index >= 15 is 0 Å². The van der Waals surface area contributed by atoms with E-state index in [1.807, 2.05) is 38.1 Å². The first-order valence-corrected chi connectivity index (χ1v) is 8.78. The number of rotatable bonds is 6. The second-order valence-electron chi connectivity index (χ2n) is 4.62. The van der Waals surface area contributed by atoms with Crippen molar-refractivity contribution in [2.24, 2.45) is 0 Å². The topological polar surface area (TPSA) is 34.9 Å². The third-order valence-electron chi connectivity index (χ3n) is 3.01. The number of carbonyl (C=O) groups excluding carboxylic acids is 1. The van der Waals surface area contributed by atoms with E-state index in [0.29, 0.717) is 17.2 Å². The number of hydrogen-bond donors (Lipinski definition) is 0. The van der Waals surface area contributed by atoms with Crippen molar-refractivity contribution in [1.82, 2.24) is 9.78 Å². The van der Waals surface area contributed by atoms with Crippen LogP contribution < -0.4 is 0 Å². The molecule has 0 atom stereocenters. The number of benzene rings is 1. The van der Waals surface area contributed by atoms with Crippen molar-refractivity contribution in [3.05, 3.63) is 45.1 Å². The molecule has 1 aromatic carbocycles. The van der Waals surface area contributed by atoms with E-state index in [-0.39, 0.29) is 5.78 Å². The summed E-state index contributed by atoms with van der Waals surface area (Å²) in [5.74, 6) is 0.581. The summed E-state index contributed by atoms with van der Waals surface area (Å²) in [6, 6.07) is 7.93. The van der Waals surface area contributed by atoms with Crippen molar-refractivity contribution in [2.45, 2.75) is 31.7 Å². The fourth-order valence-electron chi connectivity index (χ4n) is 2.00. The summed E-state index contributed by atoms with van der Waals surface area (Å²) in [6.07, 6.45) is 0.328. The molecule has 0 aliphatic rings. The van der Waals surface area contributed by atoms with Crippen LogP contribution >= 0.6 is 39.3 Å². The minimum Gasteiger partial charge on any atom is -0.298 e. The number of Topliss-reactive ketones (excluding diaryl/α,β-unsaturated/α-hetero) is 1. The van der Waals surface area contributed by atoms with Crippen molar-refractivity contribution in [3.63, 3.8) is 0 Å². The fourth-order valence-corrected chi connectivity index (χ4v) is 3.56. The highest BCUT2D eigenvalue weighted by atomic mass is 79.9. The Kier molecular flexibility index (Phi) is 5.90. The van der Waals surface area contributed by atoms with E-state index in [1.54, 1.807) is 4.68 Å². The zero-order chi connectivity index (χ0) is 15.4. The Morgan fingerprint density at radius 3 is 2.90 bits per heavy atom. The number of hydrogen-bond acceptors (Lipinski definition) is 3. The third kappa shape index (κ3) is 4.34. The number of nitrogens with zero attached hydrogens (tertiary/aromatic N) is 2. The molecule has 0 aliphatic carbocycles. The summed E-state index contributed by atoms with van der Waals surface area (Å²) in [4.78, 5) is 13.2. The lowest BCUT2D eigenvalue weighted by Gasteiger charge is -2.05. The standard InChI is InChI=1S/C15H16BrClN2OS/c1-3-19-14(15(17)10(2)18-19)8-12(20)9-21-13-6-4-5-11(16)7-13/h4-7H,3,8-9H2,1-2H3. The van der Waals surface area contributed by atoms with Crippen LogP contribution in [0.5, 0.6) is 0 Å². The molecule has 0 spiro atoms. The molecule has 0 bridgehead atoms. The molecular weight excluding hydrogens is 372 g/mol. The molecule has 0 amide bonds. The van der Waals surface area contributed by atoms with Crippen LogP contribution in [0.1, 0.15) is 18.3 Å². The van der Waals surface area contributed by atoms with Gasteiger partial charge in [0.05, 0.1) is 28.6 Å². The molecule has 6 heteroatoms. The predicted octanol–water partition coefficient (Wildman–Crippen LogP) is 4.53. The minimum absolute atomic E-state index is 0.150. The molecule has 3 nitrogen and oxygen atoms in total. The van der Waals surface area contributed by atoms with Crippen molar-refractivity contribution in [1.29, 1.82) is 0 Å². The molecule has 2 aromatic rings. The zero-order valence-corrected chi connectivity index (χ0v) is 15.1. The summed E-state index contributed by atoms with van der Waals surface area (Å²) in [5, 5.41) is 4.94. The van der Waals surface area contributed by atoms with Gasteiger partial charge < -0.3 is 0 Å². The number of carbonyl (C=O) groups is 1. The van der Waals surface area contributed by atoms with Crippen LogP contribution in [0.3, 0.4) is 0 Å². The summed E-state index contributed by atoms with van der Waals surface area (Å²) in [7, 11) is 0. The Labute approximate surface area is 142 Å². The van der Waals surface area contributed by atoms with Crippen LogP contribution in [0.15, 0.2) is 33.6 Å². The maximum Gasteiger partial charge on any atom is 0.149 e. The average Bonchev–Trinajstić information content (AvgIpc) is 2.73. The van der Waals surface area contributed by atoms with E-state index in [4.69, 9.17) is 11.6 Å². The summed E-state index contributed by atoms with van der Waals surface area (Å²) >= 11 is 11.2. The van der Waals surface area contributed by atoms with E-state index < -0.39 is 0 Å². The smallest absolute Gasteiger partial charge is 0.149 e. The van der Waals surface area contributed by atoms with Gasteiger partial charge in [0.2, 0.25) is 0 Å². The van der Waals surface area contributed by atoms with Crippen molar-refractivity contribution in [2.75, 3.05) is 5.75 Å². The molecule has 0 saturated carbocycles. The Morgan fingerprint density at radius 1 is 1.48 bits per heavy atom. The van der Waals surface area contributed by atoms with Crippen molar-refractivity contribution >= 4 is 45.1 Å². The number of halogens is 2. The van der Waals surface area contributed by atoms with Crippen LogP contribution in [0, 0.1) is 6.92 Å². The largest absolute Gasteiger partial charge is 0.298 e. The maximum atomic E-state index is 12.2. The molecule has 2 rings (SSSR count). The van der Waals surface area contributed by atoms with Gasteiger partial charge in [-0.1, -0.05) is 33.6 Å². The van der Waals surface area contributed by atoms with Crippen LogP contribution in [0.25, 0.3) is 0 Å². The number of aryl methyl sites for hydroxylation is 2. The van der Waals surface area contributed by atoms with Gasteiger partial charge in [0.1, 0.15) is 5.78 Å². The summed E-state index contributed by atoms with van der Waals surface area (Å²) in [6.45, 7) is 4.57. The first-order valence-electron chi connectivity index (χ1n) is 6.63. The van der Waals surface area contributed by atoms with E-state index in [1.165, 1.54) is 11.8 Å². The normalized spacial score (nSPS) is 10.9. The van der Waals surface area contributed by atoms with Gasteiger partial charge in [-0.3, -0.25) is 9.48 Å². The molecule has 0 aliphatic heterocycles. The van der Waals surface area contributed by atoms with Crippen LogP contribution in [-0.4, -0.2) is 21.3 Å². The summed E-state index contributed by atoms with van der Waals surface area (Å²) in [5.41, 5.74) is 1.59. The van der Waals surface area contributed by atoms with E-state index in [0.717, 1.165) is 27.3 Å². The fraction of sp³-hybridized carbons (Fsp3) is 0.333. The lowest BCUT2D eigenvalue weighted by Crippen LogP contribution is -2.11. The number of thioether (sulfide) groups is 1. The van der Waals surface area contributed by atoms with E-state index in [9.17, 15) is 4.79 Å². The number of aromatic nitrogens is 2. The zero-order valence-electron chi connectivity index (χ0n) is 11.9. The maximum absolute atomic E-state index is 12.2. The Morgan fingerprint density at radius 2 is 2.24 bits per heavy atom. The molecule has 112 valence electrons. The molecule has 0 unspecified atom stereocenters. The van der Waals surface area contributed by atoms with Gasteiger partial charge in [-0.15, -0.1) is 11.8 Å². The Balaban J connectivity index is 1.99. The Bertz CT molecular complexity index is 657. The summed E-state index contributed by atoms with van der Waals surface area (Å²) < 4.78 is 2.82. The molecule has 0 N–H and O–H groups in total. The second kappa shape index (κ2) is 7.47. The monoisotopic (exact) mass is 386 g/mol. The van der Waals surface area contributed by atoms with E-state index in [2.05, 4.69) is 21.0 Å². The Hall–Kier alpha value is -0.780. The lowest BCUT2D eigenvalue weighted by atomic mass is 10.2. The minimum atomic E-state index is 0.150. The first kappa shape index (κ1) is 16.6. The van der Waals surface area contributed by atoms with Gasteiger partial charge in [-0.2, -0.15) is 5.10 Å². The van der Waals surface area contributed by atoms with Gasteiger partial charge in [-0.05, 0) is 32.0 Å². The molecule has 21 heavy (non-hydrogen) atoms. The molecule has 0 radical (unpaired) electrons. The average molecular weight is 388 g/mol. The highest BCUT2D eigenvalue weighted by Crippen LogP contribution is 2.24. The van der Waals surface area contributed by atoms with Crippen molar-refractivity contribution < 1.29 is 4.79 Å². The lowest BCUT2D eigenvalue weighted by molar-refractivity contribution is -0.116. The number of ketones is 1. The molecule has 1 aromatic heterocycles. The van der Waals surface area contributed by atoms with Crippen molar-refractivity contribution in [3.8, 4) is 0 Å². The highest BCUT2D eigenvalue weighted by molar-refractivity contribution is 9.10. The van der Waals surface area contributed by atoms with Gasteiger partial charge in [0.15, 0.2) is 0 Å². The first-order chi connectivity index (χ1) is 10.0. The molecule has 0 saturated heterocycles.